The van der Waals surface area contributed by atoms with E-state index in [0.29, 0.717) is 5.92 Å². The summed E-state index contributed by atoms with van der Waals surface area (Å²) in [4.78, 5) is 6.82. The molecule has 5 heteroatoms. The zero-order chi connectivity index (χ0) is 14.2. The van der Waals surface area contributed by atoms with Crippen LogP contribution in [0.5, 0.6) is 5.75 Å². The highest BCUT2D eigenvalue weighted by Crippen LogP contribution is 2.28. The van der Waals surface area contributed by atoms with Gasteiger partial charge in [0.25, 0.3) is 0 Å². The Hall–Kier alpha value is -1.33. The van der Waals surface area contributed by atoms with E-state index in [1.807, 2.05) is 18.3 Å². The van der Waals surface area contributed by atoms with Gasteiger partial charge in [0.05, 0.1) is 13.7 Å². The zero-order valence-electron chi connectivity index (χ0n) is 12.5. The van der Waals surface area contributed by atoms with E-state index in [4.69, 9.17) is 9.47 Å². The molecule has 1 atom stereocenters. The van der Waals surface area contributed by atoms with Crippen molar-refractivity contribution < 1.29 is 9.47 Å². The topological polar surface area (TPSA) is 46.6 Å². The fraction of sp³-hybridized carbons (Fsp3) is 0.667. The summed E-state index contributed by atoms with van der Waals surface area (Å²) in [6.07, 6.45) is 4.31. The number of nitrogens with zero attached hydrogens (tertiary/aromatic N) is 2. The monoisotopic (exact) mass is 279 g/mol. The molecule has 112 valence electrons. The first-order valence-electron chi connectivity index (χ1n) is 7.28. The molecule has 0 bridgehead atoms. The summed E-state index contributed by atoms with van der Waals surface area (Å²) in [6.45, 7) is 4.81. The van der Waals surface area contributed by atoms with Crippen molar-refractivity contribution in [3.05, 3.63) is 18.3 Å². The summed E-state index contributed by atoms with van der Waals surface area (Å²) in [5.41, 5.74) is 0. The van der Waals surface area contributed by atoms with Crippen LogP contribution in [-0.4, -0.2) is 52.0 Å². The molecule has 20 heavy (non-hydrogen) atoms. The van der Waals surface area contributed by atoms with Crippen molar-refractivity contribution in [1.82, 2.24) is 10.3 Å². The Balaban J connectivity index is 1.89. The van der Waals surface area contributed by atoms with Gasteiger partial charge in [-0.05, 0) is 37.4 Å². The molecule has 0 aromatic carbocycles. The third-order valence-electron chi connectivity index (χ3n) is 3.71. The minimum Gasteiger partial charge on any atom is -0.493 e. The molecule has 0 amide bonds. The molecule has 1 N–H and O–H groups in total. The maximum absolute atomic E-state index is 5.41. The first-order chi connectivity index (χ1) is 9.85. The van der Waals surface area contributed by atoms with Crippen molar-refractivity contribution in [2.24, 2.45) is 5.92 Å². The Morgan fingerprint density at radius 1 is 1.45 bits per heavy atom. The van der Waals surface area contributed by atoms with Gasteiger partial charge in [0.1, 0.15) is 0 Å². The molecule has 2 heterocycles. The lowest BCUT2D eigenvalue weighted by Crippen LogP contribution is -2.40. The van der Waals surface area contributed by atoms with Crippen LogP contribution in [0.3, 0.4) is 0 Å². The third kappa shape index (κ3) is 4.08. The van der Waals surface area contributed by atoms with Crippen molar-refractivity contribution in [1.29, 1.82) is 0 Å². The van der Waals surface area contributed by atoms with E-state index in [0.717, 1.165) is 44.4 Å². The molecule has 1 fully saturated rings. The summed E-state index contributed by atoms with van der Waals surface area (Å²) in [5.74, 6) is 2.49. The second-order valence-electron chi connectivity index (χ2n) is 5.18. The van der Waals surface area contributed by atoms with Gasteiger partial charge in [-0.15, -0.1) is 0 Å². The van der Waals surface area contributed by atoms with Crippen molar-refractivity contribution in [2.75, 3.05) is 51.9 Å². The highest BCUT2D eigenvalue weighted by Gasteiger charge is 2.22. The molecule has 1 aliphatic heterocycles. The highest BCUT2D eigenvalue weighted by atomic mass is 16.5. The number of pyridine rings is 1. The van der Waals surface area contributed by atoms with E-state index < -0.39 is 0 Å². The standard InChI is InChI=1S/C15H25N3O2/c1-19-10-8-16-11-13-5-4-9-18(12-13)15-14(20-2)6-3-7-17-15/h3,6-7,13,16H,4-5,8-12H2,1-2H3. The SMILES string of the molecule is COCCNCC1CCCN(c2ncccc2OC)C1. The number of methoxy groups -OCH3 is 2. The molecule has 2 rings (SSSR count). The van der Waals surface area contributed by atoms with Gasteiger partial charge in [-0.2, -0.15) is 0 Å². The van der Waals surface area contributed by atoms with Gasteiger partial charge < -0.3 is 19.7 Å². The molecular formula is C15H25N3O2. The van der Waals surface area contributed by atoms with Crippen LogP contribution in [0.25, 0.3) is 0 Å². The average molecular weight is 279 g/mol. The van der Waals surface area contributed by atoms with Crippen LogP contribution >= 0.6 is 0 Å². The van der Waals surface area contributed by atoms with E-state index >= 15 is 0 Å². The number of rotatable bonds is 7. The maximum atomic E-state index is 5.41. The van der Waals surface area contributed by atoms with Crippen molar-refractivity contribution in [3.63, 3.8) is 0 Å². The molecule has 1 unspecified atom stereocenters. The van der Waals surface area contributed by atoms with Crippen molar-refractivity contribution >= 4 is 5.82 Å². The quantitative estimate of drug-likeness (QED) is 0.767. The van der Waals surface area contributed by atoms with Crippen LogP contribution in [-0.2, 0) is 4.74 Å². The fourth-order valence-electron chi connectivity index (χ4n) is 2.68. The predicted molar refractivity (Wildman–Crippen MR) is 80.5 cm³/mol. The van der Waals surface area contributed by atoms with Crippen molar-refractivity contribution in [2.45, 2.75) is 12.8 Å². The normalized spacial score (nSPS) is 19.1. The Kier molecular flexibility index (Phi) is 6.08. The van der Waals surface area contributed by atoms with Gasteiger partial charge in [-0.25, -0.2) is 4.98 Å². The smallest absolute Gasteiger partial charge is 0.171 e. The van der Waals surface area contributed by atoms with Crippen LogP contribution in [0, 0.1) is 5.92 Å². The van der Waals surface area contributed by atoms with Crippen molar-refractivity contribution in [3.8, 4) is 5.75 Å². The van der Waals surface area contributed by atoms with E-state index in [9.17, 15) is 0 Å². The minimum atomic E-state index is 0.660. The molecule has 0 aliphatic carbocycles. The maximum Gasteiger partial charge on any atom is 0.171 e. The van der Waals surface area contributed by atoms with Gasteiger partial charge in [0.15, 0.2) is 11.6 Å². The van der Waals surface area contributed by atoms with Crippen LogP contribution < -0.4 is 15.0 Å². The number of aromatic nitrogens is 1. The second-order valence-corrected chi connectivity index (χ2v) is 5.18. The van der Waals surface area contributed by atoms with E-state index in [1.165, 1.54) is 12.8 Å². The summed E-state index contributed by atoms with van der Waals surface area (Å²) >= 11 is 0. The van der Waals surface area contributed by atoms with Crippen LogP contribution in [0.15, 0.2) is 18.3 Å². The zero-order valence-corrected chi connectivity index (χ0v) is 12.5. The molecular weight excluding hydrogens is 254 g/mol. The van der Waals surface area contributed by atoms with Gasteiger partial charge in [-0.3, -0.25) is 0 Å². The predicted octanol–water partition coefficient (Wildman–Crippen LogP) is 1.54. The van der Waals surface area contributed by atoms with E-state index in [-0.39, 0.29) is 0 Å². The first-order valence-corrected chi connectivity index (χ1v) is 7.28. The first kappa shape index (κ1) is 15.1. The van der Waals surface area contributed by atoms with E-state index in [2.05, 4.69) is 15.2 Å². The number of anilines is 1. The molecule has 0 radical (unpaired) electrons. The lowest BCUT2D eigenvalue weighted by Gasteiger charge is -2.34. The Morgan fingerprint density at radius 3 is 3.15 bits per heavy atom. The highest BCUT2D eigenvalue weighted by molar-refractivity contribution is 5.52. The van der Waals surface area contributed by atoms with Crippen LogP contribution in [0.1, 0.15) is 12.8 Å². The van der Waals surface area contributed by atoms with Gasteiger partial charge in [0.2, 0.25) is 0 Å². The van der Waals surface area contributed by atoms with Gasteiger partial charge in [0, 0.05) is 32.9 Å². The Bertz CT molecular complexity index is 400. The molecule has 1 aromatic rings. The molecule has 0 spiro atoms. The van der Waals surface area contributed by atoms with Gasteiger partial charge >= 0.3 is 0 Å². The lowest BCUT2D eigenvalue weighted by atomic mass is 9.98. The Labute approximate surface area is 121 Å². The Morgan fingerprint density at radius 2 is 2.35 bits per heavy atom. The molecule has 5 nitrogen and oxygen atoms in total. The summed E-state index contributed by atoms with van der Waals surface area (Å²) in [5, 5.41) is 3.45. The van der Waals surface area contributed by atoms with Crippen LogP contribution in [0.4, 0.5) is 5.82 Å². The third-order valence-corrected chi connectivity index (χ3v) is 3.71. The molecule has 1 saturated heterocycles. The fourth-order valence-corrected chi connectivity index (χ4v) is 2.68. The van der Waals surface area contributed by atoms with Gasteiger partial charge in [-0.1, -0.05) is 0 Å². The molecule has 1 aromatic heterocycles. The minimum absolute atomic E-state index is 0.660. The second kappa shape index (κ2) is 8.07. The number of nitrogens with one attached hydrogen (secondary N) is 1. The number of piperidine rings is 1. The van der Waals surface area contributed by atoms with Crippen LogP contribution in [0.2, 0.25) is 0 Å². The summed E-state index contributed by atoms with van der Waals surface area (Å²) in [7, 11) is 3.44. The number of hydrogen-bond acceptors (Lipinski definition) is 5. The van der Waals surface area contributed by atoms with E-state index in [1.54, 1.807) is 14.2 Å². The summed E-state index contributed by atoms with van der Waals surface area (Å²) in [6, 6.07) is 3.89. The molecule has 0 saturated carbocycles. The summed E-state index contributed by atoms with van der Waals surface area (Å²) < 4.78 is 10.5. The number of ether oxygens (including phenoxy) is 2. The lowest BCUT2D eigenvalue weighted by molar-refractivity contribution is 0.197. The average Bonchev–Trinajstić information content (AvgIpc) is 2.52. The number of hydrogen-bond donors (Lipinski definition) is 1. The largest absolute Gasteiger partial charge is 0.493 e. The molecule has 1 aliphatic rings.